The van der Waals surface area contributed by atoms with Gasteiger partial charge in [0.1, 0.15) is 11.6 Å². The summed E-state index contributed by atoms with van der Waals surface area (Å²) in [7, 11) is 1.87. The quantitative estimate of drug-likeness (QED) is 0.849. The van der Waals surface area contributed by atoms with E-state index >= 15 is 0 Å². The Morgan fingerprint density at radius 2 is 2.27 bits per heavy atom. The first-order valence-electron chi connectivity index (χ1n) is 4.54. The number of hydrogen-bond donors (Lipinski definition) is 1. The van der Waals surface area contributed by atoms with Gasteiger partial charge in [-0.15, -0.1) is 0 Å². The molecular weight excluding hydrogens is 212 g/mol. The largest absolute Gasteiger partial charge is 0.325 e. The molecule has 0 unspecified atom stereocenters. The Balaban J connectivity index is 2.29. The molecule has 0 aliphatic carbocycles. The highest BCUT2D eigenvalue weighted by atomic mass is 35.5. The van der Waals surface area contributed by atoms with Crippen molar-refractivity contribution in [1.82, 2.24) is 14.8 Å². The average Bonchev–Trinajstić information content (AvgIpc) is 2.57. The van der Waals surface area contributed by atoms with Gasteiger partial charge in [0, 0.05) is 19.3 Å². The van der Waals surface area contributed by atoms with Crippen molar-refractivity contribution >= 4 is 23.2 Å². The van der Waals surface area contributed by atoms with Crippen LogP contribution >= 0.6 is 11.6 Å². The van der Waals surface area contributed by atoms with Crippen molar-refractivity contribution in [2.45, 2.75) is 6.92 Å². The number of hydrogen-bond acceptors (Lipinski definition) is 3. The van der Waals surface area contributed by atoms with Crippen LogP contribution in [0.5, 0.6) is 0 Å². The molecule has 0 aliphatic rings. The normalized spacial score (nSPS) is 10.3. The molecule has 0 bridgehead atoms. The van der Waals surface area contributed by atoms with Crippen LogP contribution in [0.2, 0.25) is 5.02 Å². The van der Waals surface area contributed by atoms with E-state index in [0.29, 0.717) is 5.02 Å². The molecule has 0 spiro atoms. The molecule has 2 heterocycles. The van der Waals surface area contributed by atoms with Crippen LogP contribution in [-0.4, -0.2) is 14.8 Å². The average molecular weight is 223 g/mol. The lowest BCUT2D eigenvalue weighted by Gasteiger charge is -2.08. The number of pyridine rings is 1. The van der Waals surface area contributed by atoms with Crippen LogP contribution in [0, 0.1) is 6.92 Å². The highest BCUT2D eigenvalue weighted by Gasteiger charge is 2.03. The van der Waals surface area contributed by atoms with Crippen LogP contribution in [0.4, 0.5) is 11.6 Å². The molecule has 0 atom stereocenters. The maximum Gasteiger partial charge on any atom is 0.134 e. The lowest BCUT2D eigenvalue weighted by Crippen LogP contribution is -2.01. The van der Waals surface area contributed by atoms with Crippen molar-refractivity contribution in [3.8, 4) is 0 Å². The Bertz CT molecular complexity index is 478. The van der Waals surface area contributed by atoms with E-state index in [1.54, 1.807) is 17.1 Å². The number of anilines is 2. The van der Waals surface area contributed by atoms with Gasteiger partial charge in [0.05, 0.1) is 11.2 Å². The molecular formula is C10H11ClN4. The predicted molar refractivity (Wildman–Crippen MR) is 60.5 cm³/mol. The summed E-state index contributed by atoms with van der Waals surface area (Å²) in [5.74, 6) is 1.69. The SMILES string of the molecule is Cc1cc(Cl)cnc1Nc1ccnn1C. The number of aromatic nitrogens is 3. The molecule has 5 heteroatoms. The molecule has 2 aromatic heterocycles. The molecule has 2 rings (SSSR count). The topological polar surface area (TPSA) is 42.7 Å². The third kappa shape index (κ3) is 2.10. The zero-order valence-electron chi connectivity index (χ0n) is 8.53. The van der Waals surface area contributed by atoms with Crippen LogP contribution < -0.4 is 5.32 Å². The van der Waals surface area contributed by atoms with Crippen molar-refractivity contribution in [2.75, 3.05) is 5.32 Å². The lowest BCUT2D eigenvalue weighted by molar-refractivity contribution is 0.776. The van der Waals surface area contributed by atoms with E-state index in [9.17, 15) is 0 Å². The molecule has 0 radical (unpaired) electrons. The Morgan fingerprint density at radius 3 is 2.87 bits per heavy atom. The second-order valence-corrected chi connectivity index (χ2v) is 3.72. The van der Waals surface area contributed by atoms with Crippen molar-refractivity contribution in [3.05, 3.63) is 35.1 Å². The smallest absolute Gasteiger partial charge is 0.134 e. The first-order valence-corrected chi connectivity index (χ1v) is 4.92. The summed E-state index contributed by atoms with van der Waals surface area (Å²) in [6.45, 7) is 1.96. The van der Waals surface area contributed by atoms with E-state index in [-0.39, 0.29) is 0 Å². The molecule has 2 aromatic rings. The van der Waals surface area contributed by atoms with E-state index in [1.165, 1.54) is 0 Å². The van der Waals surface area contributed by atoms with Crippen LogP contribution in [0.3, 0.4) is 0 Å². The van der Waals surface area contributed by atoms with Gasteiger partial charge in [-0.05, 0) is 18.6 Å². The minimum atomic E-state index is 0.642. The zero-order chi connectivity index (χ0) is 10.8. The van der Waals surface area contributed by atoms with Gasteiger partial charge >= 0.3 is 0 Å². The second kappa shape index (κ2) is 3.90. The van der Waals surface area contributed by atoms with Gasteiger partial charge in [0.15, 0.2) is 0 Å². The highest BCUT2D eigenvalue weighted by molar-refractivity contribution is 6.30. The van der Waals surface area contributed by atoms with Gasteiger partial charge < -0.3 is 5.32 Å². The lowest BCUT2D eigenvalue weighted by atomic mass is 10.3. The van der Waals surface area contributed by atoms with Gasteiger partial charge in [-0.1, -0.05) is 11.6 Å². The van der Waals surface area contributed by atoms with Gasteiger partial charge in [-0.2, -0.15) is 5.10 Å². The minimum absolute atomic E-state index is 0.642. The fourth-order valence-electron chi connectivity index (χ4n) is 1.29. The summed E-state index contributed by atoms with van der Waals surface area (Å²) in [6, 6.07) is 3.75. The first-order chi connectivity index (χ1) is 7.16. The molecule has 15 heavy (non-hydrogen) atoms. The van der Waals surface area contributed by atoms with Crippen molar-refractivity contribution < 1.29 is 0 Å². The molecule has 4 nitrogen and oxygen atoms in total. The Labute approximate surface area is 92.9 Å². The third-order valence-corrected chi connectivity index (χ3v) is 2.32. The maximum atomic E-state index is 5.82. The molecule has 0 fully saturated rings. The fraction of sp³-hybridized carbons (Fsp3) is 0.200. The number of nitrogens with one attached hydrogen (secondary N) is 1. The number of halogens is 1. The minimum Gasteiger partial charge on any atom is -0.325 e. The molecule has 0 aliphatic heterocycles. The van der Waals surface area contributed by atoms with Crippen LogP contribution in [0.15, 0.2) is 24.5 Å². The number of nitrogens with zero attached hydrogens (tertiary/aromatic N) is 3. The molecule has 0 amide bonds. The fourth-order valence-corrected chi connectivity index (χ4v) is 1.50. The molecule has 0 saturated carbocycles. The number of aryl methyl sites for hydroxylation is 2. The van der Waals surface area contributed by atoms with E-state index in [1.807, 2.05) is 26.1 Å². The first kappa shape index (κ1) is 9.98. The summed E-state index contributed by atoms with van der Waals surface area (Å²) in [4.78, 5) is 4.21. The highest BCUT2D eigenvalue weighted by Crippen LogP contribution is 2.19. The molecule has 0 aromatic carbocycles. The van der Waals surface area contributed by atoms with Crippen LogP contribution in [0.1, 0.15) is 5.56 Å². The second-order valence-electron chi connectivity index (χ2n) is 3.28. The van der Waals surface area contributed by atoms with Gasteiger partial charge in [-0.25, -0.2) is 4.98 Å². The van der Waals surface area contributed by atoms with E-state index in [0.717, 1.165) is 17.2 Å². The van der Waals surface area contributed by atoms with Gasteiger partial charge in [0.25, 0.3) is 0 Å². The molecule has 0 saturated heterocycles. The van der Waals surface area contributed by atoms with E-state index in [2.05, 4.69) is 15.4 Å². The standard InChI is InChI=1S/C10H11ClN4/c1-7-5-8(11)6-12-10(7)14-9-3-4-13-15(9)2/h3-6H,1-2H3,(H,12,14). The summed E-state index contributed by atoms with van der Waals surface area (Å²) in [5, 5.41) is 7.88. The van der Waals surface area contributed by atoms with Gasteiger partial charge in [-0.3, -0.25) is 4.68 Å². The molecule has 1 N–H and O–H groups in total. The van der Waals surface area contributed by atoms with E-state index in [4.69, 9.17) is 11.6 Å². The summed E-state index contributed by atoms with van der Waals surface area (Å²) >= 11 is 5.82. The summed E-state index contributed by atoms with van der Waals surface area (Å²) in [5.41, 5.74) is 1.00. The van der Waals surface area contributed by atoms with Crippen LogP contribution in [0.25, 0.3) is 0 Å². The Kier molecular flexibility index (Phi) is 2.60. The summed E-state index contributed by atoms with van der Waals surface area (Å²) < 4.78 is 1.75. The Morgan fingerprint density at radius 1 is 1.47 bits per heavy atom. The maximum absolute atomic E-state index is 5.82. The van der Waals surface area contributed by atoms with Crippen molar-refractivity contribution in [2.24, 2.45) is 7.05 Å². The third-order valence-electron chi connectivity index (χ3n) is 2.11. The molecule has 78 valence electrons. The summed E-state index contributed by atoms with van der Waals surface area (Å²) in [6.07, 6.45) is 3.35. The van der Waals surface area contributed by atoms with Crippen molar-refractivity contribution in [3.63, 3.8) is 0 Å². The Hall–Kier alpha value is -1.55. The number of rotatable bonds is 2. The monoisotopic (exact) mass is 222 g/mol. The van der Waals surface area contributed by atoms with Crippen molar-refractivity contribution in [1.29, 1.82) is 0 Å². The van der Waals surface area contributed by atoms with E-state index < -0.39 is 0 Å². The van der Waals surface area contributed by atoms with Crippen LogP contribution in [-0.2, 0) is 7.05 Å². The van der Waals surface area contributed by atoms with Gasteiger partial charge in [0.2, 0.25) is 0 Å². The zero-order valence-corrected chi connectivity index (χ0v) is 9.28. The predicted octanol–water partition coefficient (Wildman–Crippen LogP) is 2.52.